The number of hydrazone groups is 1. The average molecular weight is 505 g/mol. The van der Waals surface area contributed by atoms with Crippen molar-refractivity contribution < 1.29 is 9.59 Å². The highest BCUT2D eigenvalue weighted by Crippen LogP contribution is 2.22. The highest BCUT2D eigenvalue weighted by atomic mass is 79.9. The Balaban J connectivity index is 1.65. The Morgan fingerprint density at radius 2 is 1.63 bits per heavy atom. The number of anilines is 1. The first-order valence-corrected chi connectivity index (χ1v) is 10.4. The predicted molar refractivity (Wildman–Crippen MR) is 125 cm³/mol. The van der Waals surface area contributed by atoms with E-state index >= 15 is 0 Å². The van der Waals surface area contributed by atoms with E-state index in [1.807, 2.05) is 6.07 Å². The first-order chi connectivity index (χ1) is 14.3. The van der Waals surface area contributed by atoms with E-state index in [1.165, 1.54) is 6.07 Å². The number of rotatable bonds is 5. The molecule has 2 N–H and O–H groups in total. The predicted octanol–water partition coefficient (Wildman–Crippen LogP) is 6.16. The van der Waals surface area contributed by atoms with Gasteiger partial charge >= 0.3 is 0 Å². The van der Waals surface area contributed by atoms with Gasteiger partial charge in [0.15, 0.2) is 0 Å². The van der Waals surface area contributed by atoms with Gasteiger partial charge in [-0.25, -0.2) is 5.43 Å². The summed E-state index contributed by atoms with van der Waals surface area (Å²) in [5, 5.41) is 7.66. The van der Waals surface area contributed by atoms with Crippen LogP contribution in [0.3, 0.4) is 0 Å². The van der Waals surface area contributed by atoms with Gasteiger partial charge in [-0.15, -0.1) is 0 Å². The van der Waals surface area contributed by atoms with Gasteiger partial charge in [0.05, 0.1) is 16.3 Å². The number of hydrogen-bond donors (Lipinski definition) is 2. The minimum atomic E-state index is -0.337. The van der Waals surface area contributed by atoms with Crippen LogP contribution in [-0.2, 0) is 0 Å². The molecule has 0 aliphatic rings. The summed E-state index contributed by atoms with van der Waals surface area (Å²) in [7, 11) is 0. The zero-order valence-corrected chi connectivity index (χ0v) is 18.8. The number of nitrogens with one attached hydrogen (secondary N) is 2. The van der Waals surface area contributed by atoms with Gasteiger partial charge in [-0.3, -0.25) is 9.59 Å². The molecule has 0 radical (unpaired) electrons. The quantitative estimate of drug-likeness (QED) is 0.322. The van der Waals surface area contributed by atoms with E-state index in [0.717, 1.165) is 10.0 Å². The van der Waals surface area contributed by atoms with Crippen LogP contribution in [0.25, 0.3) is 0 Å². The molecule has 3 aromatic carbocycles. The van der Waals surface area contributed by atoms with Gasteiger partial charge in [0.2, 0.25) is 0 Å². The van der Waals surface area contributed by atoms with Crippen LogP contribution >= 0.6 is 39.1 Å². The molecule has 0 aliphatic heterocycles. The Morgan fingerprint density at radius 3 is 2.30 bits per heavy atom. The summed E-state index contributed by atoms with van der Waals surface area (Å²) in [6.07, 6.45) is 0. The van der Waals surface area contributed by atoms with Crippen LogP contribution in [0.15, 0.2) is 76.3 Å². The molecule has 0 saturated carbocycles. The molecule has 30 heavy (non-hydrogen) atoms. The van der Waals surface area contributed by atoms with E-state index in [0.29, 0.717) is 27.5 Å². The number of nitrogens with zero attached hydrogens (tertiary/aromatic N) is 1. The Kier molecular flexibility index (Phi) is 7.26. The summed E-state index contributed by atoms with van der Waals surface area (Å²) in [5.41, 5.74) is 5.39. The van der Waals surface area contributed by atoms with E-state index in [4.69, 9.17) is 23.2 Å². The van der Waals surface area contributed by atoms with E-state index in [9.17, 15) is 9.59 Å². The highest BCUT2D eigenvalue weighted by molar-refractivity contribution is 9.10. The van der Waals surface area contributed by atoms with E-state index in [1.54, 1.807) is 61.5 Å². The van der Waals surface area contributed by atoms with Gasteiger partial charge in [0.1, 0.15) is 0 Å². The third-order valence-electron chi connectivity index (χ3n) is 4.15. The van der Waals surface area contributed by atoms with Crippen LogP contribution in [0.4, 0.5) is 5.69 Å². The fourth-order valence-electron chi connectivity index (χ4n) is 2.56. The lowest BCUT2D eigenvalue weighted by atomic mass is 10.1. The molecular weight excluding hydrogens is 489 g/mol. The molecule has 3 rings (SSSR count). The van der Waals surface area contributed by atoms with Crippen molar-refractivity contribution in [2.24, 2.45) is 5.10 Å². The fraction of sp³-hybridized carbons (Fsp3) is 0.0455. The van der Waals surface area contributed by atoms with Gasteiger partial charge in [0.25, 0.3) is 11.8 Å². The smallest absolute Gasteiger partial charge is 0.271 e. The maximum Gasteiger partial charge on any atom is 0.271 e. The molecule has 3 aromatic rings. The second-order valence-corrected chi connectivity index (χ2v) is 8.06. The maximum atomic E-state index is 12.4. The van der Waals surface area contributed by atoms with Crippen molar-refractivity contribution in [3.05, 3.63) is 97.9 Å². The zero-order chi connectivity index (χ0) is 21.7. The van der Waals surface area contributed by atoms with Crippen LogP contribution in [-0.4, -0.2) is 17.5 Å². The van der Waals surface area contributed by atoms with Crippen LogP contribution in [0, 0.1) is 0 Å². The number of benzene rings is 3. The summed E-state index contributed by atoms with van der Waals surface area (Å²) >= 11 is 15.3. The maximum absolute atomic E-state index is 12.4. The Labute approximate surface area is 192 Å². The molecule has 0 spiro atoms. The molecule has 8 heteroatoms. The lowest BCUT2D eigenvalue weighted by Crippen LogP contribution is -2.19. The highest BCUT2D eigenvalue weighted by Gasteiger charge is 2.11. The zero-order valence-electron chi connectivity index (χ0n) is 15.7. The summed E-state index contributed by atoms with van der Waals surface area (Å²) in [6.45, 7) is 1.78. The van der Waals surface area contributed by atoms with E-state index in [2.05, 4.69) is 31.8 Å². The van der Waals surface area contributed by atoms with Gasteiger partial charge in [-0.1, -0.05) is 57.3 Å². The Morgan fingerprint density at radius 1 is 0.900 bits per heavy atom. The fourth-order valence-corrected chi connectivity index (χ4v) is 3.45. The minimum Gasteiger partial charge on any atom is -0.322 e. The Hall–Kier alpha value is -2.67. The molecule has 0 bridgehead atoms. The summed E-state index contributed by atoms with van der Waals surface area (Å²) in [5.74, 6) is -0.643. The number of amides is 2. The lowest BCUT2D eigenvalue weighted by molar-refractivity contribution is 0.0954. The van der Waals surface area contributed by atoms with Crippen molar-refractivity contribution in [2.75, 3.05) is 5.32 Å². The third-order valence-corrected chi connectivity index (χ3v) is 5.19. The standard InChI is InChI=1S/C22H16BrCl2N3O2/c1-13(27-28-21(29)15-3-2-4-16(23)11-15)14-5-8-18(9-6-14)26-22(30)19-10-7-17(24)12-20(19)25/h2-12H,1H3,(H,26,30)(H,28,29). The van der Waals surface area contributed by atoms with Crippen molar-refractivity contribution in [3.8, 4) is 0 Å². The average Bonchev–Trinajstić information content (AvgIpc) is 2.72. The molecule has 0 heterocycles. The van der Waals surface area contributed by atoms with Crippen LogP contribution in [0.5, 0.6) is 0 Å². The monoisotopic (exact) mass is 503 g/mol. The number of carbonyl (C=O) groups is 2. The van der Waals surface area contributed by atoms with Crippen molar-refractivity contribution >= 4 is 62.3 Å². The SMILES string of the molecule is CC(=NNC(=O)c1cccc(Br)c1)c1ccc(NC(=O)c2ccc(Cl)cc2Cl)cc1. The van der Waals surface area contributed by atoms with Crippen molar-refractivity contribution in [3.63, 3.8) is 0 Å². The summed E-state index contributed by atoms with van der Waals surface area (Å²) < 4.78 is 0.813. The van der Waals surface area contributed by atoms with Crippen LogP contribution < -0.4 is 10.7 Å². The summed E-state index contributed by atoms with van der Waals surface area (Å²) in [4.78, 5) is 24.6. The second kappa shape index (κ2) is 9.89. The Bertz CT molecular complexity index is 1130. The summed E-state index contributed by atoms with van der Waals surface area (Å²) in [6, 6.07) is 18.8. The molecule has 0 saturated heterocycles. The van der Waals surface area contributed by atoms with Crippen LogP contribution in [0.1, 0.15) is 33.2 Å². The number of hydrogen-bond acceptors (Lipinski definition) is 3. The second-order valence-electron chi connectivity index (χ2n) is 6.30. The van der Waals surface area contributed by atoms with Crippen molar-refractivity contribution in [1.82, 2.24) is 5.43 Å². The van der Waals surface area contributed by atoms with E-state index < -0.39 is 0 Å². The molecule has 0 unspecified atom stereocenters. The molecule has 152 valence electrons. The van der Waals surface area contributed by atoms with E-state index in [-0.39, 0.29) is 16.8 Å². The van der Waals surface area contributed by atoms with Crippen LogP contribution in [0.2, 0.25) is 10.0 Å². The number of halogens is 3. The molecule has 0 aliphatic carbocycles. The van der Waals surface area contributed by atoms with Gasteiger partial charge in [-0.05, 0) is 61.0 Å². The molecule has 5 nitrogen and oxygen atoms in total. The number of carbonyl (C=O) groups excluding carboxylic acids is 2. The molecule has 0 aromatic heterocycles. The molecular formula is C22H16BrCl2N3O2. The van der Waals surface area contributed by atoms with Gasteiger partial charge < -0.3 is 5.32 Å². The van der Waals surface area contributed by atoms with Gasteiger partial charge in [-0.2, -0.15) is 5.10 Å². The minimum absolute atomic E-state index is 0.279. The lowest BCUT2D eigenvalue weighted by Gasteiger charge is -2.08. The first kappa shape index (κ1) is 22.0. The molecule has 0 atom stereocenters. The largest absolute Gasteiger partial charge is 0.322 e. The van der Waals surface area contributed by atoms with Crippen molar-refractivity contribution in [2.45, 2.75) is 6.92 Å². The first-order valence-electron chi connectivity index (χ1n) is 8.80. The normalized spacial score (nSPS) is 11.1. The third kappa shape index (κ3) is 5.69. The molecule has 0 fully saturated rings. The topological polar surface area (TPSA) is 70.6 Å². The van der Waals surface area contributed by atoms with Crippen molar-refractivity contribution in [1.29, 1.82) is 0 Å². The molecule has 2 amide bonds. The van der Waals surface area contributed by atoms with Gasteiger partial charge in [0, 0.05) is 20.7 Å².